The Morgan fingerprint density at radius 2 is 1.55 bits per heavy atom. The molecule has 168 valence electrons. The number of non-ortho nitro benzene ring substituents is 1. The minimum Gasteiger partial charge on any atom is -0.462 e. The molecule has 0 bridgehead atoms. The smallest absolute Gasteiger partial charge is 0.338 e. The van der Waals surface area contributed by atoms with Crippen LogP contribution in [0.4, 0.5) is 11.4 Å². The van der Waals surface area contributed by atoms with Gasteiger partial charge in [0.1, 0.15) is 6.04 Å². The van der Waals surface area contributed by atoms with Gasteiger partial charge in [-0.3, -0.25) is 19.7 Å². The summed E-state index contributed by atoms with van der Waals surface area (Å²) in [6.45, 7) is 1.66. The SMILES string of the molecule is CCOC(=O)c1cc(C(=O)NC(C(=O)Nc2ccccc2)c2ccccc2)cc([N+](=O)[O-])c1. The van der Waals surface area contributed by atoms with E-state index in [0.717, 1.165) is 12.1 Å². The molecule has 0 aliphatic heterocycles. The summed E-state index contributed by atoms with van der Waals surface area (Å²) in [6, 6.07) is 19.4. The van der Waals surface area contributed by atoms with Crippen LogP contribution in [0.1, 0.15) is 39.2 Å². The molecule has 0 saturated heterocycles. The highest BCUT2D eigenvalue weighted by atomic mass is 16.6. The molecule has 0 radical (unpaired) electrons. The number of esters is 1. The summed E-state index contributed by atoms with van der Waals surface area (Å²) in [6.07, 6.45) is 0. The van der Waals surface area contributed by atoms with Gasteiger partial charge in [-0.15, -0.1) is 0 Å². The van der Waals surface area contributed by atoms with Crippen LogP contribution < -0.4 is 10.6 Å². The average Bonchev–Trinajstić information content (AvgIpc) is 2.83. The number of rotatable bonds is 8. The van der Waals surface area contributed by atoms with Gasteiger partial charge in [0.15, 0.2) is 0 Å². The third-order valence-electron chi connectivity index (χ3n) is 4.61. The van der Waals surface area contributed by atoms with Crippen LogP contribution in [0.15, 0.2) is 78.9 Å². The van der Waals surface area contributed by atoms with Crippen molar-refractivity contribution in [3.05, 3.63) is 106 Å². The molecule has 0 aliphatic rings. The van der Waals surface area contributed by atoms with Crippen molar-refractivity contribution in [2.75, 3.05) is 11.9 Å². The molecule has 9 nitrogen and oxygen atoms in total. The third-order valence-corrected chi connectivity index (χ3v) is 4.61. The van der Waals surface area contributed by atoms with Crippen molar-refractivity contribution in [2.45, 2.75) is 13.0 Å². The van der Waals surface area contributed by atoms with Gasteiger partial charge in [-0.25, -0.2) is 4.79 Å². The molecule has 3 aromatic carbocycles. The highest BCUT2D eigenvalue weighted by Crippen LogP contribution is 2.21. The van der Waals surface area contributed by atoms with E-state index in [1.165, 1.54) is 6.07 Å². The summed E-state index contributed by atoms with van der Waals surface area (Å²) in [4.78, 5) is 48.8. The number of amides is 2. The normalized spacial score (nSPS) is 11.2. The van der Waals surface area contributed by atoms with Crippen molar-refractivity contribution < 1.29 is 24.0 Å². The molecule has 0 fully saturated rings. The van der Waals surface area contributed by atoms with Crippen LogP contribution in [0.5, 0.6) is 0 Å². The minimum absolute atomic E-state index is 0.0682. The van der Waals surface area contributed by atoms with Gasteiger partial charge in [0.25, 0.3) is 17.5 Å². The second kappa shape index (κ2) is 10.7. The Bertz CT molecular complexity index is 1170. The van der Waals surface area contributed by atoms with Crippen molar-refractivity contribution >= 4 is 29.2 Å². The van der Waals surface area contributed by atoms with Crippen molar-refractivity contribution in [1.82, 2.24) is 5.32 Å². The van der Waals surface area contributed by atoms with Crippen molar-refractivity contribution in [1.29, 1.82) is 0 Å². The molecular formula is C24H21N3O6. The zero-order valence-corrected chi connectivity index (χ0v) is 17.7. The zero-order chi connectivity index (χ0) is 23.8. The molecule has 1 unspecified atom stereocenters. The summed E-state index contributed by atoms with van der Waals surface area (Å²) in [7, 11) is 0. The van der Waals surface area contributed by atoms with Crippen molar-refractivity contribution in [3.63, 3.8) is 0 Å². The number of para-hydroxylation sites is 1. The van der Waals surface area contributed by atoms with E-state index in [9.17, 15) is 24.5 Å². The van der Waals surface area contributed by atoms with E-state index >= 15 is 0 Å². The van der Waals surface area contributed by atoms with Gasteiger partial charge in [0.2, 0.25) is 0 Å². The van der Waals surface area contributed by atoms with E-state index in [1.807, 2.05) is 0 Å². The number of nitrogens with zero attached hydrogens (tertiary/aromatic N) is 1. The summed E-state index contributed by atoms with van der Waals surface area (Å²) >= 11 is 0. The number of benzene rings is 3. The molecule has 0 saturated carbocycles. The van der Waals surface area contributed by atoms with Crippen molar-refractivity contribution in [3.8, 4) is 0 Å². The fourth-order valence-corrected chi connectivity index (χ4v) is 3.08. The first-order valence-electron chi connectivity index (χ1n) is 10.1. The number of nitro benzene ring substituents is 1. The predicted molar refractivity (Wildman–Crippen MR) is 121 cm³/mol. The van der Waals surface area contributed by atoms with Gasteiger partial charge in [-0.2, -0.15) is 0 Å². The van der Waals surface area contributed by atoms with Crippen LogP contribution in [-0.4, -0.2) is 29.3 Å². The second-order valence-corrected chi connectivity index (χ2v) is 6.92. The largest absolute Gasteiger partial charge is 0.462 e. The lowest BCUT2D eigenvalue weighted by Crippen LogP contribution is -2.37. The number of ether oxygens (including phenoxy) is 1. The summed E-state index contributed by atoms with van der Waals surface area (Å²) < 4.78 is 4.90. The number of hydrogen-bond donors (Lipinski definition) is 2. The van der Waals surface area contributed by atoms with E-state index in [-0.39, 0.29) is 17.7 Å². The molecule has 0 aliphatic carbocycles. The van der Waals surface area contributed by atoms with Gasteiger partial charge >= 0.3 is 5.97 Å². The first kappa shape index (κ1) is 23.1. The third kappa shape index (κ3) is 6.01. The number of anilines is 1. The Hall–Kier alpha value is -4.53. The number of carbonyl (C=O) groups excluding carboxylic acids is 3. The van der Waals surface area contributed by atoms with Crippen molar-refractivity contribution in [2.24, 2.45) is 0 Å². The first-order chi connectivity index (χ1) is 15.9. The lowest BCUT2D eigenvalue weighted by Gasteiger charge is -2.19. The van der Waals surface area contributed by atoms with E-state index in [2.05, 4.69) is 10.6 Å². The van der Waals surface area contributed by atoms with Crippen LogP contribution in [0.25, 0.3) is 0 Å². The molecule has 33 heavy (non-hydrogen) atoms. The minimum atomic E-state index is -1.09. The molecule has 9 heteroatoms. The number of nitro groups is 1. The van der Waals surface area contributed by atoms with Gasteiger partial charge in [-0.05, 0) is 30.7 Å². The molecular weight excluding hydrogens is 426 g/mol. The van der Waals surface area contributed by atoms with Gasteiger partial charge < -0.3 is 15.4 Å². The summed E-state index contributed by atoms with van der Waals surface area (Å²) in [5.74, 6) is -2.06. The standard InChI is InChI=1S/C24H21N3O6/c1-2-33-24(30)18-13-17(14-20(15-18)27(31)32)22(28)26-21(16-9-5-3-6-10-16)23(29)25-19-11-7-4-8-12-19/h3-15,21H,2H2,1H3,(H,25,29)(H,26,28). The molecule has 2 N–H and O–H groups in total. The Balaban J connectivity index is 1.92. The van der Waals surface area contributed by atoms with Crippen LogP contribution in [-0.2, 0) is 9.53 Å². The van der Waals surface area contributed by atoms with Crippen LogP contribution in [0, 0.1) is 10.1 Å². The maximum absolute atomic E-state index is 13.0. The van der Waals surface area contributed by atoms with E-state index in [1.54, 1.807) is 67.6 Å². The highest BCUT2D eigenvalue weighted by molar-refractivity contribution is 6.03. The maximum Gasteiger partial charge on any atom is 0.338 e. The lowest BCUT2D eigenvalue weighted by molar-refractivity contribution is -0.384. The topological polar surface area (TPSA) is 128 Å². The lowest BCUT2D eigenvalue weighted by atomic mass is 10.0. The Kier molecular flexibility index (Phi) is 7.48. The van der Waals surface area contributed by atoms with Gasteiger partial charge in [0.05, 0.1) is 17.1 Å². The molecule has 0 spiro atoms. The predicted octanol–water partition coefficient (Wildman–Crippen LogP) is 3.88. The Labute approximate surface area is 189 Å². The molecule has 0 aromatic heterocycles. The fourth-order valence-electron chi connectivity index (χ4n) is 3.08. The quantitative estimate of drug-likeness (QED) is 0.306. The second-order valence-electron chi connectivity index (χ2n) is 6.92. The Morgan fingerprint density at radius 3 is 2.15 bits per heavy atom. The first-order valence-corrected chi connectivity index (χ1v) is 10.1. The van der Waals surface area contributed by atoms with Gasteiger partial charge in [-0.1, -0.05) is 48.5 Å². The number of nitrogens with one attached hydrogen (secondary N) is 2. The van der Waals surface area contributed by atoms with E-state index < -0.39 is 34.4 Å². The average molecular weight is 447 g/mol. The van der Waals surface area contributed by atoms with Gasteiger partial charge in [0, 0.05) is 23.4 Å². The highest BCUT2D eigenvalue weighted by Gasteiger charge is 2.25. The molecule has 3 aromatic rings. The number of carbonyl (C=O) groups is 3. The number of hydrogen-bond acceptors (Lipinski definition) is 6. The molecule has 0 heterocycles. The van der Waals surface area contributed by atoms with Crippen LogP contribution in [0.3, 0.4) is 0 Å². The molecule has 2 amide bonds. The zero-order valence-electron chi connectivity index (χ0n) is 17.7. The van der Waals surface area contributed by atoms with E-state index in [0.29, 0.717) is 11.3 Å². The molecule has 1 atom stereocenters. The summed E-state index contributed by atoms with van der Waals surface area (Å²) in [5, 5.41) is 16.7. The van der Waals surface area contributed by atoms with Crippen LogP contribution in [0.2, 0.25) is 0 Å². The Morgan fingerprint density at radius 1 is 0.939 bits per heavy atom. The molecule has 3 rings (SSSR count). The fraction of sp³-hybridized carbons (Fsp3) is 0.125. The summed E-state index contributed by atoms with van der Waals surface area (Å²) in [5.41, 5.74) is 0.311. The van der Waals surface area contributed by atoms with E-state index in [4.69, 9.17) is 4.74 Å². The van der Waals surface area contributed by atoms with Crippen LogP contribution >= 0.6 is 0 Å². The monoisotopic (exact) mass is 447 g/mol. The maximum atomic E-state index is 13.0.